The summed E-state index contributed by atoms with van der Waals surface area (Å²) in [7, 11) is 7.51. The zero-order chi connectivity index (χ0) is 25.3. The van der Waals surface area contributed by atoms with E-state index < -0.39 is 11.7 Å². The van der Waals surface area contributed by atoms with Crippen LogP contribution in [0.4, 0.5) is 10.6 Å². The highest BCUT2D eigenvalue weighted by molar-refractivity contribution is 6.20. The van der Waals surface area contributed by atoms with E-state index >= 15 is 0 Å². The maximum Gasteiger partial charge on any atom is 0.408 e. The van der Waals surface area contributed by atoms with Crippen molar-refractivity contribution in [2.75, 3.05) is 25.6 Å². The van der Waals surface area contributed by atoms with Gasteiger partial charge >= 0.3 is 6.09 Å². The van der Waals surface area contributed by atoms with Crippen molar-refractivity contribution < 1.29 is 14.3 Å². The van der Waals surface area contributed by atoms with Crippen LogP contribution in [-0.4, -0.2) is 64.9 Å². The molecule has 4 heterocycles. The molecule has 0 fully saturated rings. The summed E-state index contributed by atoms with van der Waals surface area (Å²) in [5.74, 6) is 0.796. The molecule has 0 aliphatic carbocycles. The predicted molar refractivity (Wildman–Crippen MR) is 139 cm³/mol. The second-order valence-corrected chi connectivity index (χ2v) is 9.76. The minimum Gasteiger partial charge on any atom is -0.444 e. The number of amides is 1. The van der Waals surface area contributed by atoms with Gasteiger partial charge in [-0.2, -0.15) is 0 Å². The zero-order valence-corrected chi connectivity index (χ0v) is 21.3. The molecule has 0 unspecified atom stereocenters. The molecule has 11 heteroatoms. The highest BCUT2D eigenvalue weighted by Crippen LogP contribution is 2.32. The zero-order valence-electron chi connectivity index (χ0n) is 21.3. The lowest BCUT2D eigenvalue weighted by atomic mass is 10.1. The topological polar surface area (TPSA) is 110 Å². The van der Waals surface area contributed by atoms with Crippen molar-refractivity contribution >= 4 is 42.0 Å². The van der Waals surface area contributed by atoms with Gasteiger partial charge in [0, 0.05) is 26.2 Å². The molecular weight excluding hydrogens is 445 g/mol. The minimum absolute atomic E-state index is 0.364. The van der Waals surface area contributed by atoms with Gasteiger partial charge in [-0.1, -0.05) is 6.07 Å². The second kappa shape index (κ2) is 9.57. The van der Waals surface area contributed by atoms with Crippen molar-refractivity contribution in [3.8, 4) is 11.4 Å². The summed E-state index contributed by atoms with van der Waals surface area (Å²) in [6.45, 7) is 5.97. The maximum absolute atomic E-state index is 12.5. The Morgan fingerprint density at radius 1 is 1.31 bits per heavy atom. The van der Waals surface area contributed by atoms with Crippen molar-refractivity contribution in [2.45, 2.75) is 38.8 Å². The van der Waals surface area contributed by atoms with Crippen LogP contribution in [0, 0.1) is 0 Å². The number of imidazole rings is 1. The van der Waals surface area contributed by atoms with Crippen LogP contribution >= 0.6 is 0 Å². The minimum atomic E-state index is -0.592. The highest BCUT2D eigenvalue weighted by Gasteiger charge is 2.22. The average Bonchev–Trinajstić information content (AvgIpc) is 3.38. The first-order valence-corrected chi connectivity index (χ1v) is 11.5. The molecular formula is C24H32BN7O3. The fourth-order valence-electron chi connectivity index (χ4n) is 4.01. The van der Waals surface area contributed by atoms with Crippen molar-refractivity contribution in [2.24, 2.45) is 7.05 Å². The van der Waals surface area contributed by atoms with Gasteiger partial charge in [-0.3, -0.25) is 0 Å². The number of methoxy groups -OCH3 is 1. The second-order valence-electron chi connectivity index (χ2n) is 9.76. The molecule has 4 rings (SSSR count). The number of aryl methyl sites for hydroxylation is 1. The monoisotopic (exact) mass is 477 g/mol. The number of aromatic nitrogens is 5. The molecule has 0 bridgehead atoms. The Bertz CT molecular complexity index is 1360. The smallest absolute Gasteiger partial charge is 0.408 e. The maximum atomic E-state index is 12.5. The number of nitrogens with zero attached hydrogens (tertiary/aromatic N) is 5. The Balaban J connectivity index is 1.72. The van der Waals surface area contributed by atoms with Gasteiger partial charge in [0.15, 0.2) is 0 Å². The summed E-state index contributed by atoms with van der Waals surface area (Å²) in [4.78, 5) is 32.1. The number of ether oxygens (including phenoxy) is 2. The van der Waals surface area contributed by atoms with Gasteiger partial charge in [-0.15, -0.1) is 0 Å². The Kier molecular flexibility index (Phi) is 6.71. The first-order chi connectivity index (χ1) is 16.6. The van der Waals surface area contributed by atoms with Crippen molar-refractivity contribution in [3.05, 3.63) is 36.3 Å². The van der Waals surface area contributed by atoms with E-state index in [0.29, 0.717) is 13.0 Å². The number of hydrogen-bond acceptors (Lipinski definition) is 7. The van der Waals surface area contributed by atoms with E-state index in [0.717, 1.165) is 45.0 Å². The van der Waals surface area contributed by atoms with E-state index in [1.807, 2.05) is 76.5 Å². The van der Waals surface area contributed by atoms with Gasteiger partial charge in [0.2, 0.25) is 7.98 Å². The fraction of sp³-hybridized carbons (Fsp3) is 0.417. The van der Waals surface area contributed by atoms with E-state index in [2.05, 4.69) is 15.3 Å². The van der Waals surface area contributed by atoms with Gasteiger partial charge in [0.05, 0.1) is 35.0 Å². The summed E-state index contributed by atoms with van der Waals surface area (Å²) >= 11 is 0. The number of aromatic amines is 1. The molecule has 4 aromatic heterocycles. The van der Waals surface area contributed by atoms with Gasteiger partial charge in [0.25, 0.3) is 0 Å². The lowest BCUT2D eigenvalue weighted by Crippen LogP contribution is -2.35. The molecule has 0 saturated heterocycles. The first kappa shape index (κ1) is 24.5. The van der Waals surface area contributed by atoms with Crippen LogP contribution in [0.1, 0.15) is 38.9 Å². The standard InChI is InChI=1S/C24H32BN7O3/c1-24(2,3)35-23(33)29-17(10-11-34-6)15-8-7-9-16(27-15)18-12-14-20-19(26-13-31(20)4)22(32(5)25)30-21(14)28-18/h7-9,12-13,17H,10-11,25H2,1-6H3,(H,28,30)(H,29,33)/t17-/m0/s1. The van der Waals surface area contributed by atoms with Gasteiger partial charge in [0.1, 0.15) is 22.6 Å². The van der Waals surface area contributed by atoms with E-state index in [-0.39, 0.29) is 6.04 Å². The van der Waals surface area contributed by atoms with Crippen LogP contribution < -0.4 is 10.1 Å². The third-order valence-electron chi connectivity index (χ3n) is 5.55. The molecule has 0 aliphatic heterocycles. The lowest BCUT2D eigenvalue weighted by molar-refractivity contribution is 0.0491. The summed E-state index contributed by atoms with van der Waals surface area (Å²) in [5.41, 5.74) is 4.31. The molecule has 0 aliphatic rings. The van der Waals surface area contributed by atoms with Gasteiger partial charge in [-0.25, -0.2) is 19.7 Å². The largest absolute Gasteiger partial charge is 0.444 e. The molecule has 0 saturated carbocycles. The predicted octanol–water partition coefficient (Wildman–Crippen LogP) is 3.10. The summed E-state index contributed by atoms with van der Waals surface area (Å²) in [5, 5.41) is 3.90. The number of fused-ring (bicyclic) bond motifs is 3. The van der Waals surface area contributed by atoms with Gasteiger partial charge < -0.3 is 29.2 Å². The number of rotatable bonds is 7. The Morgan fingerprint density at radius 2 is 2.09 bits per heavy atom. The molecule has 1 atom stereocenters. The van der Waals surface area contributed by atoms with Crippen molar-refractivity contribution in [1.29, 1.82) is 0 Å². The number of carbonyl (C=O) groups is 1. The summed E-state index contributed by atoms with van der Waals surface area (Å²) in [6, 6.07) is 7.44. The summed E-state index contributed by atoms with van der Waals surface area (Å²) < 4.78 is 12.7. The number of hydrogen-bond donors (Lipinski definition) is 2. The average molecular weight is 477 g/mol. The molecule has 0 aromatic carbocycles. The number of nitrogens with one attached hydrogen (secondary N) is 2. The van der Waals surface area contributed by atoms with Crippen LogP contribution in [0.15, 0.2) is 30.6 Å². The van der Waals surface area contributed by atoms with Crippen molar-refractivity contribution in [3.63, 3.8) is 0 Å². The normalized spacial score (nSPS) is 12.7. The number of H-pyrrole nitrogens is 1. The fourth-order valence-corrected chi connectivity index (χ4v) is 4.01. The molecule has 4 aromatic rings. The molecule has 2 N–H and O–H groups in total. The third kappa shape index (κ3) is 5.24. The van der Waals surface area contributed by atoms with Crippen molar-refractivity contribution in [1.82, 2.24) is 29.8 Å². The number of alkyl carbamates (subject to hydrolysis) is 1. The Hall–Kier alpha value is -3.60. The van der Waals surface area contributed by atoms with E-state index in [1.165, 1.54) is 0 Å². The number of anilines is 1. The van der Waals surface area contributed by atoms with Gasteiger partial charge in [-0.05, 0) is 52.4 Å². The van der Waals surface area contributed by atoms with Crippen LogP contribution in [0.2, 0.25) is 0 Å². The Labute approximate surface area is 205 Å². The van der Waals surface area contributed by atoms with Crippen LogP contribution in [0.25, 0.3) is 33.5 Å². The molecule has 0 radical (unpaired) electrons. The lowest BCUT2D eigenvalue weighted by Gasteiger charge is -2.23. The molecule has 1 amide bonds. The number of carbonyl (C=O) groups excluding carboxylic acids is 1. The SMILES string of the molecule is BN(C)c1nc2[nH]c(-c3cccc([C@H](CCOC)NC(=O)OC(C)(C)C)n3)cc2c2c1ncn2C. The highest BCUT2D eigenvalue weighted by atomic mass is 16.6. The van der Waals surface area contributed by atoms with E-state index in [1.54, 1.807) is 13.4 Å². The molecule has 10 nitrogen and oxygen atoms in total. The molecule has 35 heavy (non-hydrogen) atoms. The first-order valence-electron chi connectivity index (χ1n) is 11.5. The van der Waals surface area contributed by atoms with E-state index in [4.69, 9.17) is 19.4 Å². The summed E-state index contributed by atoms with van der Waals surface area (Å²) in [6.07, 6.45) is 1.87. The van der Waals surface area contributed by atoms with E-state index in [9.17, 15) is 4.79 Å². The third-order valence-corrected chi connectivity index (χ3v) is 5.55. The molecule has 184 valence electrons. The van der Waals surface area contributed by atoms with Crippen LogP contribution in [0.3, 0.4) is 0 Å². The van der Waals surface area contributed by atoms with Crippen LogP contribution in [0.5, 0.6) is 0 Å². The van der Waals surface area contributed by atoms with Crippen LogP contribution in [-0.2, 0) is 16.5 Å². The molecule has 0 spiro atoms. The Morgan fingerprint density at radius 3 is 2.77 bits per heavy atom. The quantitative estimate of drug-likeness (QED) is 0.394. The number of pyridine rings is 2.